The lowest BCUT2D eigenvalue weighted by molar-refractivity contribution is -0.385. The van der Waals surface area contributed by atoms with Gasteiger partial charge in [-0.15, -0.1) is 0 Å². The summed E-state index contributed by atoms with van der Waals surface area (Å²) in [6.45, 7) is 1.88. The number of nitro groups is 1. The average molecular weight is 544 g/mol. The van der Waals surface area contributed by atoms with E-state index in [2.05, 4.69) is 20.9 Å². The summed E-state index contributed by atoms with van der Waals surface area (Å²) in [7, 11) is 1.36. The van der Waals surface area contributed by atoms with E-state index in [1.807, 2.05) is 13.0 Å². The number of rotatable bonds is 6. The smallest absolute Gasteiger partial charge is 0.416 e. The number of nitro benzene ring substituents is 1. The van der Waals surface area contributed by atoms with Crippen LogP contribution in [-0.2, 0) is 6.18 Å². The van der Waals surface area contributed by atoms with Gasteiger partial charge in [0.2, 0.25) is 5.75 Å². The van der Waals surface area contributed by atoms with Crippen molar-refractivity contribution in [2.45, 2.75) is 13.1 Å². The van der Waals surface area contributed by atoms with E-state index in [0.29, 0.717) is 32.9 Å². The molecule has 0 aliphatic heterocycles. The molecule has 3 aromatic rings. The van der Waals surface area contributed by atoms with Gasteiger partial charge in [-0.3, -0.25) is 15.1 Å². The number of nitrogens with zero attached hydrogens (tertiary/aromatic N) is 2. The predicted octanol–water partition coefficient (Wildman–Crippen LogP) is 7.89. The number of halogens is 5. The molecule has 0 heterocycles. The summed E-state index contributed by atoms with van der Waals surface area (Å²) in [5.74, 6) is -0.137. The molecule has 0 fully saturated rings. The maximum atomic E-state index is 12.9. The van der Waals surface area contributed by atoms with Crippen LogP contribution in [-0.4, -0.2) is 18.2 Å². The summed E-state index contributed by atoms with van der Waals surface area (Å²) in [6.07, 6.45) is -3.17. The van der Waals surface area contributed by atoms with Gasteiger partial charge in [0, 0.05) is 17.3 Å². The van der Waals surface area contributed by atoms with Gasteiger partial charge in [-0.1, -0.05) is 17.7 Å². The second kappa shape index (κ2) is 9.80. The third-order valence-electron chi connectivity index (χ3n) is 4.47. The Balaban J connectivity index is 1.98. The molecule has 0 aliphatic carbocycles. The van der Waals surface area contributed by atoms with Gasteiger partial charge in [0.1, 0.15) is 0 Å². The topological polar surface area (TPSA) is 74.0 Å². The number of methoxy groups -OCH3 is 1. The lowest BCUT2D eigenvalue weighted by atomic mass is 10.1. The fourth-order valence-electron chi connectivity index (χ4n) is 2.81. The third-order valence-corrected chi connectivity index (χ3v) is 5.29. The van der Waals surface area contributed by atoms with E-state index >= 15 is 0 Å². The second-order valence-corrected chi connectivity index (χ2v) is 8.05. The zero-order valence-corrected chi connectivity index (χ0v) is 19.5. The van der Waals surface area contributed by atoms with E-state index in [9.17, 15) is 23.3 Å². The van der Waals surface area contributed by atoms with Crippen molar-refractivity contribution in [3.05, 3.63) is 84.8 Å². The van der Waals surface area contributed by atoms with Crippen LogP contribution >= 0.6 is 27.5 Å². The van der Waals surface area contributed by atoms with Gasteiger partial charge in [-0.2, -0.15) is 13.2 Å². The third kappa shape index (κ3) is 5.82. The summed E-state index contributed by atoms with van der Waals surface area (Å²) in [6, 6.07) is 10.5. The van der Waals surface area contributed by atoms with Gasteiger partial charge in [-0.25, -0.2) is 0 Å². The summed E-state index contributed by atoms with van der Waals surface area (Å²) >= 11 is 9.33. The van der Waals surface area contributed by atoms with Crippen LogP contribution in [0, 0.1) is 17.0 Å². The Morgan fingerprint density at radius 3 is 2.48 bits per heavy atom. The SMILES string of the molecule is COc1cc(C=Nc2cc(Cl)ccc2C)cc(Br)c1Oc1ccc(C(F)(F)F)cc1[N+](=O)[O-]. The first-order valence-corrected chi connectivity index (χ1v) is 10.4. The van der Waals surface area contributed by atoms with Crippen molar-refractivity contribution in [3.63, 3.8) is 0 Å². The Hall–Kier alpha value is -3.11. The molecule has 6 nitrogen and oxygen atoms in total. The van der Waals surface area contributed by atoms with E-state index in [1.54, 1.807) is 30.5 Å². The van der Waals surface area contributed by atoms with Crippen LogP contribution in [0.4, 0.5) is 24.5 Å². The molecule has 0 spiro atoms. The molecule has 3 rings (SSSR count). The largest absolute Gasteiger partial charge is 0.493 e. The van der Waals surface area contributed by atoms with Crippen LogP contribution in [0.25, 0.3) is 0 Å². The van der Waals surface area contributed by atoms with Crippen molar-refractivity contribution >= 4 is 45.1 Å². The lowest BCUT2D eigenvalue weighted by Gasteiger charge is -2.14. The number of hydrogen-bond acceptors (Lipinski definition) is 5. The van der Waals surface area contributed by atoms with Crippen molar-refractivity contribution in [2.75, 3.05) is 7.11 Å². The van der Waals surface area contributed by atoms with Crippen LogP contribution in [0.1, 0.15) is 16.7 Å². The molecule has 0 aliphatic rings. The molecule has 0 N–H and O–H groups in total. The molecule has 33 heavy (non-hydrogen) atoms. The number of alkyl halides is 3. The normalized spacial score (nSPS) is 11.6. The zero-order chi connectivity index (χ0) is 24.3. The number of aryl methyl sites for hydroxylation is 1. The molecular weight excluding hydrogens is 529 g/mol. The van der Waals surface area contributed by atoms with Gasteiger partial charge < -0.3 is 9.47 Å². The molecule has 0 bridgehead atoms. The second-order valence-electron chi connectivity index (χ2n) is 6.76. The summed E-state index contributed by atoms with van der Waals surface area (Å²) in [5.41, 5.74) is 0.193. The van der Waals surface area contributed by atoms with Crippen molar-refractivity contribution in [2.24, 2.45) is 4.99 Å². The molecule has 0 saturated carbocycles. The van der Waals surface area contributed by atoms with E-state index in [1.165, 1.54) is 7.11 Å². The van der Waals surface area contributed by atoms with Gasteiger partial charge >= 0.3 is 11.9 Å². The average Bonchev–Trinajstić information content (AvgIpc) is 2.75. The number of hydrogen-bond donors (Lipinski definition) is 0. The lowest BCUT2D eigenvalue weighted by Crippen LogP contribution is -2.06. The standard InChI is InChI=1S/C22H15BrClF3N2O4/c1-12-3-5-15(24)10-17(12)28-11-13-7-16(23)21(20(8-13)32-2)33-19-6-4-14(22(25,26)27)9-18(19)29(30)31/h3-11H,1-2H3. The van der Waals surface area contributed by atoms with E-state index in [-0.39, 0.29) is 17.2 Å². The quantitative estimate of drug-likeness (QED) is 0.180. The van der Waals surface area contributed by atoms with E-state index in [0.717, 1.165) is 11.6 Å². The molecule has 3 aromatic carbocycles. The molecule has 0 unspecified atom stereocenters. The maximum absolute atomic E-state index is 12.9. The van der Waals surface area contributed by atoms with Gasteiger partial charge in [-0.05, 0) is 70.4 Å². The molecule has 172 valence electrons. The van der Waals surface area contributed by atoms with Crippen LogP contribution in [0.2, 0.25) is 5.02 Å². The highest BCUT2D eigenvalue weighted by atomic mass is 79.9. The number of ether oxygens (including phenoxy) is 2. The Morgan fingerprint density at radius 2 is 1.85 bits per heavy atom. The minimum Gasteiger partial charge on any atom is -0.493 e. The first-order valence-electron chi connectivity index (χ1n) is 9.21. The summed E-state index contributed by atoms with van der Waals surface area (Å²) in [4.78, 5) is 14.8. The molecule has 0 saturated heterocycles. The minimum absolute atomic E-state index is 0.0523. The first kappa shape index (κ1) is 24.5. The van der Waals surface area contributed by atoms with E-state index < -0.39 is 22.4 Å². The summed E-state index contributed by atoms with van der Waals surface area (Å²) in [5, 5.41) is 11.9. The van der Waals surface area contributed by atoms with Crippen molar-refractivity contribution in [1.82, 2.24) is 0 Å². The monoisotopic (exact) mass is 542 g/mol. The predicted molar refractivity (Wildman–Crippen MR) is 122 cm³/mol. The van der Waals surface area contributed by atoms with Crippen LogP contribution in [0.5, 0.6) is 17.2 Å². The van der Waals surface area contributed by atoms with E-state index in [4.69, 9.17) is 21.1 Å². The molecule has 0 radical (unpaired) electrons. The molecule has 11 heteroatoms. The van der Waals surface area contributed by atoms with Crippen molar-refractivity contribution in [1.29, 1.82) is 0 Å². The highest BCUT2D eigenvalue weighted by molar-refractivity contribution is 9.10. The van der Waals surface area contributed by atoms with Crippen LogP contribution in [0.3, 0.4) is 0 Å². The summed E-state index contributed by atoms with van der Waals surface area (Å²) < 4.78 is 50.1. The zero-order valence-electron chi connectivity index (χ0n) is 17.1. The molecule has 0 aromatic heterocycles. The first-order chi connectivity index (χ1) is 15.5. The Morgan fingerprint density at radius 1 is 1.12 bits per heavy atom. The molecular formula is C22H15BrClF3N2O4. The van der Waals surface area contributed by atoms with Gasteiger partial charge in [0.25, 0.3) is 0 Å². The Bertz CT molecular complexity index is 1250. The maximum Gasteiger partial charge on any atom is 0.416 e. The highest BCUT2D eigenvalue weighted by Crippen LogP contribution is 2.43. The fraction of sp³-hybridized carbons (Fsp3) is 0.136. The van der Waals surface area contributed by atoms with Crippen LogP contribution in [0.15, 0.2) is 58.0 Å². The molecule has 0 amide bonds. The van der Waals surface area contributed by atoms with Crippen molar-refractivity contribution < 1.29 is 27.6 Å². The van der Waals surface area contributed by atoms with Gasteiger partial charge in [0.05, 0.1) is 27.8 Å². The Labute approximate surface area is 199 Å². The highest BCUT2D eigenvalue weighted by Gasteiger charge is 2.33. The number of benzene rings is 3. The van der Waals surface area contributed by atoms with Gasteiger partial charge in [0.15, 0.2) is 11.5 Å². The fourth-order valence-corrected chi connectivity index (χ4v) is 3.52. The van der Waals surface area contributed by atoms with Crippen molar-refractivity contribution in [3.8, 4) is 17.2 Å². The van der Waals surface area contributed by atoms with Crippen LogP contribution < -0.4 is 9.47 Å². The number of aliphatic imine (C=N–C) groups is 1. The Kier molecular flexibility index (Phi) is 7.28. The minimum atomic E-state index is -4.73. The molecule has 0 atom stereocenters.